The SMILES string of the molecule is COC(=O)c1ccc(NC(=O)CNc2ccc(OC)c(F)c2)cc1. The van der Waals surface area contributed by atoms with Gasteiger partial charge < -0.3 is 20.1 Å². The van der Waals surface area contributed by atoms with Crippen molar-refractivity contribution in [3.63, 3.8) is 0 Å². The topological polar surface area (TPSA) is 76.7 Å². The third kappa shape index (κ3) is 4.45. The van der Waals surface area contributed by atoms with E-state index in [-0.39, 0.29) is 18.2 Å². The number of ether oxygens (including phenoxy) is 2. The number of benzene rings is 2. The van der Waals surface area contributed by atoms with Crippen molar-refractivity contribution < 1.29 is 23.5 Å². The van der Waals surface area contributed by atoms with Crippen LogP contribution in [0.2, 0.25) is 0 Å². The van der Waals surface area contributed by atoms with Gasteiger partial charge in [-0.25, -0.2) is 9.18 Å². The van der Waals surface area contributed by atoms with Crippen molar-refractivity contribution in [2.75, 3.05) is 31.4 Å². The Hall–Kier alpha value is -3.09. The molecular formula is C17H17FN2O4. The Bertz CT molecular complexity index is 732. The van der Waals surface area contributed by atoms with Gasteiger partial charge in [-0.05, 0) is 36.4 Å². The number of methoxy groups -OCH3 is 2. The molecule has 0 atom stereocenters. The molecule has 0 bridgehead atoms. The number of halogens is 1. The van der Waals surface area contributed by atoms with Crippen LogP contribution in [-0.4, -0.2) is 32.6 Å². The average Bonchev–Trinajstić information content (AvgIpc) is 2.60. The van der Waals surface area contributed by atoms with Gasteiger partial charge in [0.15, 0.2) is 11.6 Å². The average molecular weight is 332 g/mol. The molecule has 2 aromatic rings. The highest BCUT2D eigenvalue weighted by Gasteiger charge is 2.07. The number of anilines is 2. The summed E-state index contributed by atoms with van der Waals surface area (Å²) >= 11 is 0. The van der Waals surface area contributed by atoms with E-state index in [0.29, 0.717) is 16.9 Å². The van der Waals surface area contributed by atoms with Crippen molar-refractivity contribution in [3.05, 3.63) is 53.8 Å². The van der Waals surface area contributed by atoms with Crippen molar-refractivity contribution >= 4 is 23.3 Å². The van der Waals surface area contributed by atoms with E-state index in [1.807, 2.05) is 0 Å². The molecule has 0 aliphatic carbocycles. The predicted octanol–water partition coefficient (Wildman–Crippen LogP) is 2.67. The summed E-state index contributed by atoms with van der Waals surface area (Å²) in [7, 11) is 2.68. The fourth-order valence-electron chi connectivity index (χ4n) is 1.97. The van der Waals surface area contributed by atoms with Crippen molar-refractivity contribution in [1.29, 1.82) is 0 Å². The first-order valence-electron chi connectivity index (χ1n) is 7.09. The van der Waals surface area contributed by atoms with Gasteiger partial charge in [0, 0.05) is 17.4 Å². The summed E-state index contributed by atoms with van der Waals surface area (Å²) in [6.45, 7) is -0.0372. The molecule has 0 aromatic heterocycles. The lowest BCUT2D eigenvalue weighted by molar-refractivity contribution is -0.114. The van der Waals surface area contributed by atoms with E-state index in [4.69, 9.17) is 4.74 Å². The molecule has 1 amide bonds. The number of nitrogens with one attached hydrogen (secondary N) is 2. The summed E-state index contributed by atoms with van der Waals surface area (Å²) in [6, 6.07) is 10.6. The maximum absolute atomic E-state index is 13.6. The maximum atomic E-state index is 13.6. The van der Waals surface area contributed by atoms with E-state index >= 15 is 0 Å². The van der Waals surface area contributed by atoms with Gasteiger partial charge in [0.05, 0.1) is 26.3 Å². The highest BCUT2D eigenvalue weighted by atomic mass is 19.1. The van der Waals surface area contributed by atoms with Gasteiger partial charge in [-0.15, -0.1) is 0 Å². The van der Waals surface area contributed by atoms with Gasteiger partial charge in [0.1, 0.15) is 0 Å². The van der Waals surface area contributed by atoms with Crippen LogP contribution in [0.5, 0.6) is 5.75 Å². The Balaban J connectivity index is 1.89. The summed E-state index contributed by atoms with van der Waals surface area (Å²) in [6.07, 6.45) is 0. The Morgan fingerprint density at radius 3 is 2.29 bits per heavy atom. The Morgan fingerprint density at radius 1 is 1.04 bits per heavy atom. The van der Waals surface area contributed by atoms with Crippen LogP contribution < -0.4 is 15.4 Å². The summed E-state index contributed by atoms with van der Waals surface area (Å²) in [5.41, 5.74) is 1.39. The van der Waals surface area contributed by atoms with Crippen molar-refractivity contribution in [2.24, 2.45) is 0 Å². The monoisotopic (exact) mass is 332 g/mol. The first-order chi connectivity index (χ1) is 11.5. The molecule has 0 unspecified atom stereocenters. The van der Waals surface area contributed by atoms with Crippen LogP contribution in [0.25, 0.3) is 0 Å². The van der Waals surface area contributed by atoms with E-state index in [1.54, 1.807) is 30.3 Å². The maximum Gasteiger partial charge on any atom is 0.337 e. The predicted molar refractivity (Wildman–Crippen MR) is 87.9 cm³/mol. The van der Waals surface area contributed by atoms with E-state index in [0.717, 1.165) is 0 Å². The normalized spacial score (nSPS) is 9.96. The summed E-state index contributed by atoms with van der Waals surface area (Å²) < 4.78 is 23.0. The fraction of sp³-hybridized carbons (Fsp3) is 0.176. The molecule has 0 aliphatic heterocycles. The van der Waals surface area contributed by atoms with Crippen molar-refractivity contribution in [3.8, 4) is 5.75 Å². The molecule has 0 spiro atoms. The first kappa shape index (κ1) is 17.3. The second-order valence-electron chi connectivity index (χ2n) is 4.82. The number of esters is 1. The van der Waals surface area contributed by atoms with Crippen LogP contribution >= 0.6 is 0 Å². The second-order valence-corrected chi connectivity index (χ2v) is 4.82. The molecule has 2 N–H and O–H groups in total. The van der Waals surface area contributed by atoms with Crippen molar-refractivity contribution in [1.82, 2.24) is 0 Å². The molecule has 2 rings (SSSR count). The lowest BCUT2D eigenvalue weighted by Gasteiger charge is -2.09. The van der Waals surface area contributed by atoms with Crippen molar-refractivity contribution in [2.45, 2.75) is 0 Å². The fourth-order valence-corrected chi connectivity index (χ4v) is 1.97. The Morgan fingerprint density at radius 2 is 1.71 bits per heavy atom. The molecule has 0 heterocycles. The number of carbonyl (C=O) groups excluding carboxylic acids is 2. The van der Waals surface area contributed by atoms with Gasteiger partial charge in [-0.2, -0.15) is 0 Å². The minimum atomic E-state index is -0.513. The molecule has 0 radical (unpaired) electrons. The lowest BCUT2D eigenvalue weighted by Crippen LogP contribution is -2.21. The minimum Gasteiger partial charge on any atom is -0.494 e. The third-order valence-electron chi connectivity index (χ3n) is 3.19. The molecule has 0 aliphatic rings. The van der Waals surface area contributed by atoms with E-state index in [2.05, 4.69) is 15.4 Å². The van der Waals surface area contributed by atoms with Crippen LogP contribution in [0.1, 0.15) is 10.4 Å². The molecule has 2 aromatic carbocycles. The zero-order chi connectivity index (χ0) is 17.5. The quantitative estimate of drug-likeness (QED) is 0.796. The molecule has 0 saturated heterocycles. The van der Waals surface area contributed by atoms with Crippen LogP contribution in [0.3, 0.4) is 0 Å². The third-order valence-corrected chi connectivity index (χ3v) is 3.19. The molecular weight excluding hydrogens is 315 g/mol. The van der Waals surface area contributed by atoms with E-state index < -0.39 is 11.8 Å². The number of amides is 1. The first-order valence-corrected chi connectivity index (χ1v) is 7.09. The minimum absolute atomic E-state index is 0.0372. The molecule has 6 nitrogen and oxygen atoms in total. The summed E-state index contributed by atoms with van der Waals surface area (Å²) in [5.74, 6) is -1.13. The number of rotatable bonds is 6. The zero-order valence-electron chi connectivity index (χ0n) is 13.3. The summed E-state index contributed by atoms with van der Waals surface area (Å²) in [5, 5.41) is 5.48. The Kier molecular flexibility index (Phi) is 5.73. The smallest absolute Gasteiger partial charge is 0.337 e. The van der Waals surface area contributed by atoms with Gasteiger partial charge in [0.25, 0.3) is 0 Å². The molecule has 0 fully saturated rings. The van der Waals surface area contributed by atoms with Crippen LogP contribution in [0.15, 0.2) is 42.5 Å². The summed E-state index contributed by atoms with van der Waals surface area (Å²) in [4.78, 5) is 23.2. The standard InChI is InChI=1S/C17H17FN2O4/c1-23-15-8-7-13(9-14(15)18)19-10-16(21)20-12-5-3-11(4-6-12)17(22)24-2/h3-9,19H,10H2,1-2H3,(H,20,21). The molecule has 126 valence electrons. The lowest BCUT2D eigenvalue weighted by atomic mass is 10.2. The second kappa shape index (κ2) is 7.96. The number of carbonyl (C=O) groups is 2. The molecule has 7 heteroatoms. The van der Waals surface area contributed by atoms with Gasteiger partial charge in [0.2, 0.25) is 5.91 Å². The molecule has 24 heavy (non-hydrogen) atoms. The number of hydrogen-bond acceptors (Lipinski definition) is 5. The van der Waals surface area contributed by atoms with E-state index in [9.17, 15) is 14.0 Å². The largest absolute Gasteiger partial charge is 0.494 e. The van der Waals surface area contributed by atoms with Gasteiger partial charge in [-0.1, -0.05) is 0 Å². The highest BCUT2D eigenvalue weighted by molar-refractivity contribution is 5.95. The van der Waals surface area contributed by atoms with Crippen LogP contribution in [-0.2, 0) is 9.53 Å². The van der Waals surface area contributed by atoms with Gasteiger partial charge in [-0.3, -0.25) is 4.79 Å². The van der Waals surface area contributed by atoms with Crippen LogP contribution in [0.4, 0.5) is 15.8 Å². The number of hydrogen-bond donors (Lipinski definition) is 2. The highest BCUT2D eigenvalue weighted by Crippen LogP contribution is 2.20. The van der Waals surface area contributed by atoms with Crippen LogP contribution in [0, 0.1) is 5.82 Å². The zero-order valence-corrected chi connectivity index (χ0v) is 13.3. The van der Waals surface area contributed by atoms with Gasteiger partial charge >= 0.3 is 5.97 Å². The van der Waals surface area contributed by atoms with E-state index in [1.165, 1.54) is 26.4 Å². The molecule has 0 saturated carbocycles. The Labute approximate surface area is 138 Å².